The number of nitrogens with zero attached hydrogens (tertiary/aromatic N) is 4. The van der Waals surface area contributed by atoms with E-state index < -0.39 is 29.7 Å². The molecule has 0 fully saturated rings. The molecule has 0 atom stereocenters. The molecule has 0 radical (unpaired) electrons. The van der Waals surface area contributed by atoms with Gasteiger partial charge in [0.15, 0.2) is 17.5 Å². The summed E-state index contributed by atoms with van der Waals surface area (Å²) >= 11 is 0. The largest absolute Gasteiger partial charge is 0.451 e. The molecule has 1 aliphatic heterocycles. The van der Waals surface area contributed by atoms with Crippen LogP contribution in [-0.2, 0) is 19.3 Å². The molecule has 1 N–H and O–H groups in total. The molecule has 1 aliphatic rings. The number of carbonyl (C=O) groups is 1. The second-order valence-electron chi connectivity index (χ2n) is 5.07. The highest BCUT2D eigenvalue weighted by atomic mass is 19.4. The second kappa shape index (κ2) is 5.73. The van der Waals surface area contributed by atoms with Gasteiger partial charge in [0.1, 0.15) is 0 Å². The number of halogens is 5. The zero-order valence-electron chi connectivity index (χ0n) is 11.9. The average molecular weight is 347 g/mol. The van der Waals surface area contributed by atoms with Gasteiger partial charge in [0.05, 0.1) is 6.54 Å². The molecule has 0 spiro atoms. The smallest absolute Gasteiger partial charge is 0.315 e. The van der Waals surface area contributed by atoms with Crippen LogP contribution in [0.1, 0.15) is 11.6 Å². The van der Waals surface area contributed by atoms with Crippen molar-refractivity contribution in [2.45, 2.75) is 19.3 Å². The summed E-state index contributed by atoms with van der Waals surface area (Å²) in [5, 5.41) is 8.90. The van der Waals surface area contributed by atoms with Gasteiger partial charge in [-0.25, -0.2) is 13.6 Å². The van der Waals surface area contributed by atoms with E-state index in [1.807, 2.05) is 0 Å². The van der Waals surface area contributed by atoms with Gasteiger partial charge < -0.3 is 14.8 Å². The Morgan fingerprint density at radius 2 is 1.88 bits per heavy atom. The third-order valence-corrected chi connectivity index (χ3v) is 3.46. The van der Waals surface area contributed by atoms with Crippen LogP contribution in [0.4, 0.5) is 32.4 Å². The molecule has 1 aromatic carbocycles. The third kappa shape index (κ3) is 3.01. The number of carbonyl (C=O) groups excluding carboxylic acids is 1. The maximum atomic E-state index is 13.1. The summed E-state index contributed by atoms with van der Waals surface area (Å²) in [6, 6.07) is 2.17. The molecule has 128 valence electrons. The molecule has 6 nitrogen and oxygen atoms in total. The maximum Gasteiger partial charge on any atom is 0.451 e. The summed E-state index contributed by atoms with van der Waals surface area (Å²) in [6.07, 6.45) is -4.62. The highest BCUT2D eigenvalue weighted by Gasteiger charge is 2.39. The van der Waals surface area contributed by atoms with Crippen LogP contribution in [-0.4, -0.2) is 32.2 Å². The van der Waals surface area contributed by atoms with E-state index in [0.29, 0.717) is 0 Å². The van der Waals surface area contributed by atoms with Crippen LogP contribution >= 0.6 is 0 Å². The van der Waals surface area contributed by atoms with Crippen molar-refractivity contribution >= 4 is 11.7 Å². The van der Waals surface area contributed by atoms with E-state index in [1.165, 1.54) is 11.0 Å². The van der Waals surface area contributed by atoms with Crippen LogP contribution in [0.25, 0.3) is 0 Å². The third-order valence-electron chi connectivity index (χ3n) is 3.46. The first-order valence-corrected chi connectivity index (χ1v) is 6.76. The summed E-state index contributed by atoms with van der Waals surface area (Å²) in [7, 11) is 0. The molecular formula is C13H10F5N5O. The molecule has 0 bridgehead atoms. The van der Waals surface area contributed by atoms with Gasteiger partial charge in [-0.3, -0.25) is 0 Å². The van der Waals surface area contributed by atoms with E-state index >= 15 is 0 Å². The molecule has 11 heteroatoms. The van der Waals surface area contributed by atoms with Crippen molar-refractivity contribution in [3.8, 4) is 0 Å². The molecule has 2 amide bonds. The van der Waals surface area contributed by atoms with E-state index in [-0.39, 0.29) is 31.1 Å². The summed E-state index contributed by atoms with van der Waals surface area (Å²) in [6.45, 7) is -0.315. The van der Waals surface area contributed by atoms with Gasteiger partial charge in [0.25, 0.3) is 0 Å². The van der Waals surface area contributed by atoms with E-state index in [0.717, 1.165) is 16.7 Å². The first kappa shape index (κ1) is 16.1. The Kier molecular flexibility index (Phi) is 3.85. The highest BCUT2D eigenvalue weighted by molar-refractivity contribution is 5.89. The lowest BCUT2D eigenvalue weighted by Crippen LogP contribution is -2.41. The predicted molar refractivity (Wildman–Crippen MR) is 70.8 cm³/mol. The van der Waals surface area contributed by atoms with Crippen molar-refractivity contribution in [1.82, 2.24) is 19.7 Å². The average Bonchev–Trinajstić information content (AvgIpc) is 2.94. The molecule has 3 rings (SSSR count). The Morgan fingerprint density at radius 1 is 1.12 bits per heavy atom. The Bertz CT molecular complexity index is 788. The van der Waals surface area contributed by atoms with Crippen LogP contribution in [0.3, 0.4) is 0 Å². The standard InChI is InChI=1S/C13H10F5N5O/c14-8-2-1-7(5-9(8)15)19-12(24)22-3-4-23-10(6-22)20-21-11(23)13(16,17)18/h1-2,5H,3-4,6H2,(H,19,24). The number of rotatable bonds is 1. The van der Waals surface area contributed by atoms with Crippen LogP contribution in [0, 0.1) is 11.6 Å². The minimum absolute atomic E-state index is 0.00554. The molecule has 2 aromatic rings. The number of amides is 2. The summed E-state index contributed by atoms with van der Waals surface area (Å²) in [4.78, 5) is 13.3. The fourth-order valence-electron chi connectivity index (χ4n) is 2.32. The monoisotopic (exact) mass is 347 g/mol. The van der Waals surface area contributed by atoms with Gasteiger partial charge in [-0.2, -0.15) is 13.2 Å². The van der Waals surface area contributed by atoms with Crippen LogP contribution in [0.2, 0.25) is 0 Å². The lowest BCUT2D eigenvalue weighted by Gasteiger charge is -2.28. The Morgan fingerprint density at radius 3 is 2.54 bits per heavy atom. The van der Waals surface area contributed by atoms with Crippen molar-refractivity contribution < 1.29 is 26.7 Å². The quantitative estimate of drug-likeness (QED) is 0.807. The van der Waals surface area contributed by atoms with E-state index in [1.54, 1.807) is 0 Å². The van der Waals surface area contributed by atoms with Gasteiger partial charge in [0, 0.05) is 24.8 Å². The molecule has 24 heavy (non-hydrogen) atoms. The fourth-order valence-corrected chi connectivity index (χ4v) is 2.32. The van der Waals surface area contributed by atoms with Crippen LogP contribution in [0.15, 0.2) is 18.2 Å². The molecule has 0 aliphatic carbocycles. The zero-order valence-corrected chi connectivity index (χ0v) is 11.9. The van der Waals surface area contributed by atoms with Crippen molar-refractivity contribution in [2.75, 3.05) is 11.9 Å². The first-order chi connectivity index (χ1) is 11.3. The Labute approximate surface area is 131 Å². The number of aromatic nitrogens is 3. The van der Waals surface area contributed by atoms with Gasteiger partial charge in [-0.15, -0.1) is 10.2 Å². The van der Waals surface area contributed by atoms with E-state index in [4.69, 9.17) is 0 Å². The minimum Gasteiger partial charge on any atom is -0.315 e. The summed E-state index contributed by atoms with van der Waals surface area (Å²) < 4.78 is 65.1. The lowest BCUT2D eigenvalue weighted by molar-refractivity contribution is -0.147. The fraction of sp³-hybridized carbons (Fsp3) is 0.308. The van der Waals surface area contributed by atoms with Gasteiger partial charge in [0.2, 0.25) is 5.82 Å². The van der Waals surface area contributed by atoms with E-state index in [9.17, 15) is 26.7 Å². The summed E-state index contributed by atoms with van der Waals surface area (Å²) in [5.74, 6) is -3.30. The summed E-state index contributed by atoms with van der Waals surface area (Å²) in [5.41, 5.74) is 0.0296. The highest BCUT2D eigenvalue weighted by Crippen LogP contribution is 2.29. The topological polar surface area (TPSA) is 63.1 Å². The number of hydrogen-bond donors (Lipinski definition) is 1. The van der Waals surface area contributed by atoms with E-state index in [2.05, 4.69) is 15.5 Å². The lowest BCUT2D eigenvalue weighted by atomic mass is 10.3. The van der Waals surface area contributed by atoms with Gasteiger partial charge >= 0.3 is 12.2 Å². The minimum atomic E-state index is -4.62. The van der Waals surface area contributed by atoms with Crippen LogP contribution in [0.5, 0.6) is 0 Å². The van der Waals surface area contributed by atoms with Gasteiger partial charge in [-0.05, 0) is 12.1 Å². The molecule has 0 saturated carbocycles. The number of hydrogen-bond acceptors (Lipinski definition) is 3. The second-order valence-corrected chi connectivity index (χ2v) is 5.07. The number of benzene rings is 1. The SMILES string of the molecule is O=C(Nc1ccc(F)c(F)c1)N1CCn2c(nnc2C(F)(F)F)C1. The van der Waals surface area contributed by atoms with Crippen molar-refractivity contribution in [2.24, 2.45) is 0 Å². The zero-order chi connectivity index (χ0) is 17.5. The Balaban J connectivity index is 1.72. The Hall–Kier alpha value is -2.72. The van der Waals surface area contributed by atoms with Crippen LogP contribution < -0.4 is 5.32 Å². The molecule has 0 saturated heterocycles. The molecule has 0 unspecified atom stereocenters. The normalized spacial score (nSPS) is 14.5. The number of nitrogens with one attached hydrogen (secondary N) is 1. The maximum absolute atomic E-state index is 13.1. The first-order valence-electron chi connectivity index (χ1n) is 6.76. The molecular weight excluding hydrogens is 337 g/mol. The number of urea groups is 1. The number of anilines is 1. The van der Waals surface area contributed by atoms with Crippen molar-refractivity contribution in [3.05, 3.63) is 41.5 Å². The molecule has 1 aromatic heterocycles. The molecule has 2 heterocycles. The van der Waals surface area contributed by atoms with Crippen molar-refractivity contribution in [3.63, 3.8) is 0 Å². The number of alkyl halides is 3. The van der Waals surface area contributed by atoms with Crippen molar-refractivity contribution in [1.29, 1.82) is 0 Å². The van der Waals surface area contributed by atoms with Gasteiger partial charge in [-0.1, -0.05) is 0 Å². The number of fused-ring (bicyclic) bond motifs is 1. The predicted octanol–water partition coefficient (Wildman–Crippen LogP) is 2.62.